The molecular weight excluding hydrogens is 986 g/mol. The maximum absolute atomic E-state index is 11.9. The van der Waals surface area contributed by atoms with Crippen molar-refractivity contribution in [3.63, 3.8) is 0 Å². The molecule has 2 aromatic rings. The van der Waals surface area contributed by atoms with Gasteiger partial charge in [-0.2, -0.15) is 9.97 Å². The molecule has 4 heterocycles. The Labute approximate surface area is 415 Å². The fourth-order valence-corrected chi connectivity index (χ4v) is 8.94. The number of nitrogens with zero attached hydrogens (tertiary/aromatic N) is 6. The third-order valence-corrected chi connectivity index (χ3v) is 13.3. The molecule has 37 heteroatoms. The molecule has 0 bridgehead atoms. The molecule has 0 saturated carbocycles. The summed E-state index contributed by atoms with van der Waals surface area (Å²) in [5, 5.41) is 40.4. The SMILES string of the molecule is C[N+](C)(C)CCOP(=O)([O-])OP(=O)([O-])OC[C@H]1O[C@@H](n2ccc(N)nc2=O)[C@H](O)[C@@H]1O.C[N+](C)(C)CCOP(=O)([O-])OP(=O)([O-])OC[C@H]1O[C@@H](n2ccc(N)nc2=O)[C@H](O)[C@@H]1O.O.[Na+].[Na+]. The van der Waals surface area contributed by atoms with Crippen LogP contribution >= 0.6 is 31.3 Å². The first kappa shape index (κ1) is 64.5. The zero-order valence-electron chi connectivity index (χ0n) is 36.4. The van der Waals surface area contributed by atoms with Gasteiger partial charge in [0.05, 0.1) is 55.5 Å². The zero-order valence-corrected chi connectivity index (χ0v) is 44.0. The van der Waals surface area contributed by atoms with Crippen LogP contribution in [-0.4, -0.2) is 172 Å². The third kappa shape index (κ3) is 21.6. The maximum Gasteiger partial charge on any atom is 1.00 e. The standard InChI is InChI=1S/2C14H26N4O11P2.2Na.H2O/c2*1-18(2,3)6-7-26-30(22,23)29-31(24,25)27-8-9-11(19)12(20)13(28-9)17-5-4-10(15)16-14(17)21;;;/h2*4-5,9,11-13,19-20H,6-8H2,1-3H3,(H3-,15,16,21,22,23,24,25);;;1H2/q;;2*+1;/p-2/t2*9-,11-,12-,13-;;;/m11.../s1. The number of phosphoric acid groups is 4. The first-order chi connectivity index (χ1) is 28.2. The Kier molecular flexibility index (Phi) is 25.9. The summed E-state index contributed by atoms with van der Waals surface area (Å²) in [5.74, 6) is -0.159. The van der Waals surface area contributed by atoms with Crippen molar-refractivity contribution >= 4 is 42.9 Å². The summed E-state index contributed by atoms with van der Waals surface area (Å²) < 4.78 is 85.9. The number of nitrogen functional groups attached to an aromatic ring is 2. The quantitative estimate of drug-likeness (QED) is 0.0407. The minimum atomic E-state index is -5.43. The molecule has 10 N–H and O–H groups in total. The van der Waals surface area contributed by atoms with E-state index in [0.29, 0.717) is 8.97 Å². The molecule has 2 aromatic heterocycles. The van der Waals surface area contributed by atoms with Crippen molar-refractivity contribution in [3.8, 4) is 0 Å². The van der Waals surface area contributed by atoms with Crippen LogP contribution in [0.4, 0.5) is 11.6 Å². The van der Waals surface area contributed by atoms with Crippen molar-refractivity contribution in [3.05, 3.63) is 45.5 Å². The molecule has 2 saturated heterocycles. The molecule has 31 nitrogen and oxygen atoms in total. The van der Waals surface area contributed by atoms with Gasteiger partial charge in [-0.15, -0.1) is 0 Å². The Hall–Kier alpha value is -0.480. The number of aliphatic hydroxyl groups excluding tert-OH is 4. The number of quaternary nitrogens is 2. The van der Waals surface area contributed by atoms with Gasteiger partial charge in [0.2, 0.25) is 0 Å². The van der Waals surface area contributed by atoms with E-state index in [2.05, 4.69) is 36.7 Å². The Morgan fingerprint density at radius 3 is 1.18 bits per heavy atom. The summed E-state index contributed by atoms with van der Waals surface area (Å²) in [6, 6.07) is 2.50. The van der Waals surface area contributed by atoms with E-state index in [4.69, 9.17) is 20.9 Å². The molecule has 0 amide bonds. The van der Waals surface area contributed by atoms with Gasteiger partial charge in [0, 0.05) is 12.4 Å². The van der Waals surface area contributed by atoms with Gasteiger partial charge in [0.1, 0.15) is 74.6 Å². The van der Waals surface area contributed by atoms with E-state index >= 15 is 0 Å². The Morgan fingerprint density at radius 2 is 0.908 bits per heavy atom. The van der Waals surface area contributed by atoms with Crippen LogP contribution in [0.25, 0.3) is 0 Å². The molecule has 0 spiro atoms. The molecule has 4 unspecified atom stereocenters. The number of phosphoric ester groups is 4. The number of ether oxygens (including phenoxy) is 2. The number of aliphatic hydroxyl groups is 4. The fraction of sp³-hybridized carbons (Fsp3) is 0.714. The van der Waals surface area contributed by atoms with Crippen molar-refractivity contribution in [2.24, 2.45) is 0 Å². The average molecular weight is 1040 g/mol. The summed E-state index contributed by atoms with van der Waals surface area (Å²) in [4.78, 5) is 77.7. The van der Waals surface area contributed by atoms with Crippen LogP contribution in [0.2, 0.25) is 0 Å². The second kappa shape index (κ2) is 26.1. The Balaban J connectivity index is 0.00000120. The van der Waals surface area contributed by atoms with Gasteiger partial charge in [-0.1, -0.05) is 0 Å². The number of hydrogen-bond donors (Lipinski definition) is 6. The van der Waals surface area contributed by atoms with Crippen LogP contribution < -0.4 is 102 Å². The molecule has 12 atom stereocenters. The monoisotopic (exact) mass is 1040 g/mol. The molecule has 4 rings (SSSR count). The van der Waals surface area contributed by atoms with Crippen LogP contribution in [0.3, 0.4) is 0 Å². The summed E-state index contributed by atoms with van der Waals surface area (Å²) in [5.41, 5.74) is 8.99. The van der Waals surface area contributed by atoms with Crippen LogP contribution in [0.1, 0.15) is 12.5 Å². The van der Waals surface area contributed by atoms with Gasteiger partial charge < -0.3 is 93.5 Å². The number of aromatic nitrogens is 4. The minimum Gasteiger partial charge on any atom is -0.756 e. The van der Waals surface area contributed by atoms with E-state index < -0.39 is 105 Å². The van der Waals surface area contributed by atoms with E-state index in [-0.39, 0.29) is 103 Å². The van der Waals surface area contributed by atoms with E-state index in [0.717, 1.165) is 21.5 Å². The fourth-order valence-electron chi connectivity index (χ4n) is 4.95. The second-order valence-corrected chi connectivity index (χ2v) is 21.3. The smallest absolute Gasteiger partial charge is 0.756 e. The van der Waals surface area contributed by atoms with Crippen molar-refractivity contribution < 1.29 is 168 Å². The van der Waals surface area contributed by atoms with Gasteiger partial charge in [-0.3, -0.25) is 27.4 Å². The largest absolute Gasteiger partial charge is 1.00 e. The number of likely N-dealkylation sites (N-methyl/N-ethyl adjacent to an activating group) is 2. The van der Waals surface area contributed by atoms with Crippen molar-refractivity contribution in [2.75, 3.05) is 93.3 Å². The predicted octanol–water partition coefficient (Wildman–Crippen LogP) is -12.5. The summed E-state index contributed by atoms with van der Waals surface area (Å²) in [6.07, 6.45) is -10.0. The zero-order chi connectivity index (χ0) is 47.2. The predicted molar refractivity (Wildman–Crippen MR) is 203 cm³/mol. The maximum atomic E-state index is 11.9. The van der Waals surface area contributed by atoms with Gasteiger partial charge in [-0.25, -0.2) is 18.2 Å². The molecule has 65 heavy (non-hydrogen) atoms. The number of anilines is 2. The number of nitrogens with two attached hydrogens (primary N) is 2. The van der Waals surface area contributed by atoms with Crippen LogP contribution in [0, 0.1) is 0 Å². The molecule has 0 aromatic carbocycles. The minimum absolute atomic E-state index is 0. The summed E-state index contributed by atoms with van der Waals surface area (Å²) in [6.45, 7) is -1.97. The average Bonchev–Trinajstić information content (AvgIpc) is 3.53. The number of hydrogen-bond acceptors (Lipinski definition) is 26. The van der Waals surface area contributed by atoms with Crippen LogP contribution in [-0.2, 0) is 54.5 Å². The summed E-state index contributed by atoms with van der Waals surface area (Å²) in [7, 11) is -10.7. The molecule has 364 valence electrons. The first-order valence-electron chi connectivity index (χ1n) is 17.8. The third-order valence-electron chi connectivity index (χ3n) is 8.14. The molecular formula is C28H52N8Na2O23P4. The van der Waals surface area contributed by atoms with Crippen LogP contribution in [0.15, 0.2) is 34.1 Å². The van der Waals surface area contributed by atoms with Crippen LogP contribution in [0.5, 0.6) is 0 Å². The van der Waals surface area contributed by atoms with Gasteiger partial charge >= 0.3 is 70.5 Å². The van der Waals surface area contributed by atoms with E-state index in [9.17, 15) is 67.8 Å². The van der Waals surface area contributed by atoms with Gasteiger partial charge in [0.25, 0.3) is 31.3 Å². The Bertz CT molecular complexity index is 2000. The Morgan fingerprint density at radius 1 is 0.615 bits per heavy atom. The molecule has 2 aliphatic heterocycles. The summed E-state index contributed by atoms with van der Waals surface area (Å²) >= 11 is 0. The van der Waals surface area contributed by atoms with Crippen molar-refractivity contribution in [2.45, 2.75) is 49.1 Å². The van der Waals surface area contributed by atoms with E-state index in [1.165, 1.54) is 12.1 Å². The molecule has 2 fully saturated rings. The molecule has 0 radical (unpaired) electrons. The van der Waals surface area contributed by atoms with Gasteiger partial charge in [0.15, 0.2) is 12.5 Å². The molecule has 2 aliphatic rings. The van der Waals surface area contributed by atoms with E-state index in [1.54, 1.807) is 42.3 Å². The number of rotatable bonds is 20. The van der Waals surface area contributed by atoms with Crippen molar-refractivity contribution in [1.82, 2.24) is 19.1 Å². The van der Waals surface area contributed by atoms with E-state index in [1.807, 2.05) is 0 Å². The normalized spacial score (nSPS) is 26.9. The first-order valence-corrected chi connectivity index (χ1v) is 23.6. The van der Waals surface area contributed by atoms with Crippen molar-refractivity contribution in [1.29, 1.82) is 0 Å². The second-order valence-electron chi connectivity index (χ2n) is 15.4. The molecule has 0 aliphatic carbocycles. The van der Waals surface area contributed by atoms with Gasteiger partial charge in [-0.05, 0) is 12.1 Å². The topological polar surface area (TPSA) is 469 Å².